The SMILES string of the molecule is C[C@@H]1CCCC[C@@H]1NC(=O)c1ccc(C#N)cc1. The van der Waals surface area contributed by atoms with Gasteiger partial charge in [-0.1, -0.05) is 19.8 Å². The van der Waals surface area contributed by atoms with Crippen molar-refractivity contribution < 1.29 is 4.79 Å². The van der Waals surface area contributed by atoms with Crippen LogP contribution in [0.25, 0.3) is 0 Å². The molecular formula is C15H18N2O. The van der Waals surface area contributed by atoms with Gasteiger partial charge in [-0.2, -0.15) is 5.26 Å². The van der Waals surface area contributed by atoms with Gasteiger partial charge in [-0.05, 0) is 43.0 Å². The number of nitrogens with zero attached hydrogens (tertiary/aromatic N) is 1. The molecule has 1 aliphatic carbocycles. The molecule has 1 N–H and O–H groups in total. The van der Waals surface area contributed by atoms with Crippen LogP contribution in [0.2, 0.25) is 0 Å². The minimum absolute atomic E-state index is 0.0294. The quantitative estimate of drug-likeness (QED) is 0.867. The highest BCUT2D eigenvalue weighted by Crippen LogP contribution is 2.23. The summed E-state index contributed by atoms with van der Waals surface area (Å²) in [6, 6.07) is 9.12. The molecule has 94 valence electrons. The highest BCUT2D eigenvalue weighted by molar-refractivity contribution is 5.94. The Hall–Kier alpha value is -1.82. The molecule has 1 fully saturated rings. The summed E-state index contributed by atoms with van der Waals surface area (Å²) < 4.78 is 0. The van der Waals surface area contributed by atoms with Gasteiger partial charge in [0, 0.05) is 11.6 Å². The zero-order chi connectivity index (χ0) is 13.0. The molecule has 0 spiro atoms. The molecule has 2 atom stereocenters. The van der Waals surface area contributed by atoms with Crippen molar-refractivity contribution in [3.05, 3.63) is 35.4 Å². The van der Waals surface area contributed by atoms with Crippen LogP contribution in [-0.4, -0.2) is 11.9 Å². The van der Waals surface area contributed by atoms with Crippen molar-refractivity contribution in [2.75, 3.05) is 0 Å². The lowest BCUT2D eigenvalue weighted by molar-refractivity contribution is 0.0910. The van der Waals surface area contributed by atoms with Crippen molar-refractivity contribution in [1.82, 2.24) is 5.32 Å². The summed E-state index contributed by atoms with van der Waals surface area (Å²) in [6.07, 6.45) is 4.73. The van der Waals surface area contributed by atoms with Gasteiger partial charge in [0.15, 0.2) is 0 Å². The Balaban J connectivity index is 2.00. The van der Waals surface area contributed by atoms with Crippen molar-refractivity contribution >= 4 is 5.91 Å². The Morgan fingerprint density at radius 2 is 1.94 bits per heavy atom. The second-order valence-electron chi connectivity index (χ2n) is 5.03. The average Bonchev–Trinajstić information content (AvgIpc) is 2.41. The van der Waals surface area contributed by atoms with Gasteiger partial charge in [0.25, 0.3) is 5.91 Å². The smallest absolute Gasteiger partial charge is 0.251 e. The van der Waals surface area contributed by atoms with Crippen molar-refractivity contribution in [1.29, 1.82) is 5.26 Å². The zero-order valence-electron chi connectivity index (χ0n) is 10.6. The van der Waals surface area contributed by atoms with Crippen molar-refractivity contribution in [3.63, 3.8) is 0 Å². The first-order chi connectivity index (χ1) is 8.70. The van der Waals surface area contributed by atoms with E-state index in [-0.39, 0.29) is 5.91 Å². The van der Waals surface area contributed by atoms with Crippen molar-refractivity contribution in [3.8, 4) is 6.07 Å². The summed E-state index contributed by atoms with van der Waals surface area (Å²) in [6.45, 7) is 2.20. The summed E-state index contributed by atoms with van der Waals surface area (Å²) in [5, 5.41) is 11.8. The molecule has 0 bridgehead atoms. The summed E-state index contributed by atoms with van der Waals surface area (Å²) >= 11 is 0. The number of benzene rings is 1. The third-order valence-corrected chi connectivity index (χ3v) is 3.70. The molecule has 2 rings (SSSR count). The standard InChI is InChI=1S/C15H18N2O/c1-11-4-2-3-5-14(11)17-15(18)13-8-6-12(10-16)7-9-13/h6-9,11,14H,2-5H2,1H3,(H,17,18)/t11-,14+/m1/s1. The molecule has 0 aliphatic heterocycles. The number of carbonyl (C=O) groups excluding carboxylic acids is 1. The number of hydrogen-bond acceptors (Lipinski definition) is 2. The molecule has 0 radical (unpaired) electrons. The lowest BCUT2D eigenvalue weighted by Crippen LogP contribution is -2.41. The van der Waals surface area contributed by atoms with Crippen LogP contribution >= 0.6 is 0 Å². The number of nitriles is 1. The van der Waals surface area contributed by atoms with Crippen LogP contribution in [0.4, 0.5) is 0 Å². The van der Waals surface area contributed by atoms with E-state index in [1.807, 2.05) is 6.07 Å². The molecule has 1 aromatic carbocycles. The average molecular weight is 242 g/mol. The van der Waals surface area contributed by atoms with E-state index in [1.54, 1.807) is 24.3 Å². The first kappa shape index (κ1) is 12.6. The first-order valence-electron chi connectivity index (χ1n) is 6.51. The molecule has 18 heavy (non-hydrogen) atoms. The fraction of sp³-hybridized carbons (Fsp3) is 0.467. The highest BCUT2D eigenvalue weighted by Gasteiger charge is 2.23. The maximum atomic E-state index is 12.1. The monoisotopic (exact) mass is 242 g/mol. The maximum Gasteiger partial charge on any atom is 0.251 e. The van der Waals surface area contributed by atoms with Crippen LogP contribution in [0.1, 0.15) is 48.5 Å². The normalized spacial score (nSPS) is 23.1. The summed E-state index contributed by atoms with van der Waals surface area (Å²) in [4.78, 5) is 12.1. The van der Waals surface area contributed by atoms with Gasteiger partial charge in [0.05, 0.1) is 11.6 Å². The van der Waals surface area contributed by atoms with Gasteiger partial charge in [0.2, 0.25) is 0 Å². The Labute approximate surface area is 108 Å². The highest BCUT2D eigenvalue weighted by atomic mass is 16.1. The number of amides is 1. The summed E-state index contributed by atoms with van der Waals surface area (Å²) in [5.41, 5.74) is 1.21. The third kappa shape index (κ3) is 2.89. The van der Waals surface area contributed by atoms with Gasteiger partial charge in [-0.3, -0.25) is 4.79 Å². The van der Waals surface area contributed by atoms with E-state index >= 15 is 0 Å². The Morgan fingerprint density at radius 3 is 2.56 bits per heavy atom. The van der Waals surface area contributed by atoms with E-state index in [4.69, 9.17) is 5.26 Å². The molecule has 1 amide bonds. The molecule has 0 aromatic heterocycles. The molecule has 0 unspecified atom stereocenters. The number of nitrogens with one attached hydrogen (secondary N) is 1. The number of hydrogen-bond donors (Lipinski definition) is 1. The van der Waals surface area contributed by atoms with E-state index in [2.05, 4.69) is 12.2 Å². The molecular weight excluding hydrogens is 224 g/mol. The van der Waals surface area contributed by atoms with Gasteiger partial charge in [0.1, 0.15) is 0 Å². The molecule has 1 aromatic rings. The van der Waals surface area contributed by atoms with Crippen LogP contribution < -0.4 is 5.32 Å². The predicted molar refractivity (Wildman–Crippen MR) is 70.0 cm³/mol. The molecule has 0 heterocycles. The minimum Gasteiger partial charge on any atom is -0.349 e. The summed E-state index contributed by atoms with van der Waals surface area (Å²) in [5.74, 6) is 0.527. The summed E-state index contributed by atoms with van der Waals surface area (Å²) in [7, 11) is 0. The molecule has 0 saturated heterocycles. The van der Waals surface area contributed by atoms with Crippen LogP contribution in [0, 0.1) is 17.2 Å². The molecule has 1 aliphatic rings. The van der Waals surface area contributed by atoms with Crippen LogP contribution in [0.15, 0.2) is 24.3 Å². The fourth-order valence-corrected chi connectivity index (χ4v) is 2.48. The second-order valence-corrected chi connectivity index (χ2v) is 5.03. The van der Waals surface area contributed by atoms with E-state index in [0.717, 1.165) is 6.42 Å². The van der Waals surface area contributed by atoms with E-state index in [1.165, 1.54) is 19.3 Å². The molecule has 3 heteroatoms. The topological polar surface area (TPSA) is 52.9 Å². The van der Waals surface area contributed by atoms with Crippen molar-refractivity contribution in [2.24, 2.45) is 5.92 Å². The van der Waals surface area contributed by atoms with Gasteiger partial charge < -0.3 is 5.32 Å². The third-order valence-electron chi connectivity index (χ3n) is 3.70. The molecule has 1 saturated carbocycles. The van der Waals surface area contributed by atoms with Gasteiger partial charge in [-0.15, -0.1) is 0 Å². The predicted octanol–water partition coefficient (Wildman–Crippen LogP) is 2.87. The Morgan fingerprint density at radius 1 is 1.28 bits per heavy atom. The van der Waals surface area contributed by atoms with Crippen LogP contribution in [0.5, 0.6) is 0 Å². The zero-order valence-corrected chi connectivity index (χ0v) is 10.6. The van der Waals surface area contributed by atoms with Gasteiger partial charge >= 0.3 is 0 Å². The fourth-order valence-electron chi connectivity index (χ4n) is 2.48. The van der Waals surface area contributed by atoms with Crippen molar-refractivity contribution in [2.45, 2.75) is 38.6 Å². The van der Waals surface area contributed by atoms with Crippen LogP contribution in [-0.2, 0) is 0 Å². The van der Waals surface area contributed by atoms with Gasteiger partial charge in [-0.25, -0.2) is 0 Å². The first-order valence-corrected chi connectivity index (χ1v) is 6.51. The van der Waals surface area contributed by atoms with E-state index in [0.29, 0.717) is 23.1 Å². The van der Waals surface area contributed by atoms with E-state index < -0.39 is 0 Å². The minimum atomic E-state index is -0.0294. The second kappa shape index (κ2) is 5.68. The van der Waals surface area contributed by atoms with E-state index in [9.17, 15) is 4.79 Å². The molecule has 3 nitrogen and oxygen atoms in total. The lowest BCUT2D eigenvalue weighted by atomic mass is 9.86. The number of carbonyl (C=O) groups is 1. The Kier molecular flexibility index (Phi) is 3.99. The largest absolute Gasteiger partial charge is 0.349 e. The lowest BCUT2D eigenvalue weighted by Gasteiger charge is -2.29. The maximum absolute atomic E-state index is 12.1. The number of rotatable bonds is 2. The Bertz CT molecular complexity index is 458. The van der Waals surface area contributed by atoms with Crippen LogP contribution in [0.3, 0.4) is 0 Å².